The molecule has 0 aromatic heterocycles. The first-order valence-electron chi connectivity index (χ1n) is 9.15. The predicted molar refractivity (Wildman–Crippen MR) is 103 cm³/mol. The van der Waals surface area contributed by atoms with Crippen LogP contribution in [0.15, 0.2) is 34.7 Å². The Morgan fingerprint density at radius 2 is 1.79 bits per heavy atom. The van der Waals surface area contributed by atoms with Gasteiger partial charge in [0.2, 0.25) is 0 Å². The Balaban J connectivity index is 1.53. The number of rotatable bonds is 4. The Hall–Kier alpha value is -1.00. The highest BCUT2D eigenvalue weighted by Crippen LogP contribution is 2.47. The van der Waals surface area contributed by atoms with E-state index in [-0.39, 0.29) is 10.2 Å². The van der Waals surface area contributed by atoms with Gasteiger partial charge in [0, 0.05) is 17.7 Å². The lowest BCUT2D eigenvalue weighted by Gasteiger charge is -2.49. The van der Waals surface area contributed by atoms with Crippen molar-refractivity contribution in [1.29, 1.82) is 0 Å². The molecule has 1 spiro atoms. The Bertz CT molecular complexity index is 610. The summed E-state index contributed by atoms with van der Waals surface area (Å²) in [6.45, 7) is 9.45. The van der Waals surface area contributed by atoms with Crippen molar-refractivity contribution in [2.75, 3.05) is 19.6 Å². The fourth-order valence-corrected chi connectivity index (χ4v) is 4.40. The molecule has 0 amide bonds. The molecule has 0 bridgehead atoms. The first-order chi connectivity index (χ1) is 11.4. The minimum Gasteiger partial charge on any atom is -0.303 e. The molecule has 2 fully saturated rings. The van der Waals surface area contributed by atoms with Crippen LogP contribution in [0.5, 0.6) is 0 Å². The van der Waals surface area contributed by atoms with E-state index in [0.717, 1.165) is 32.5 Å². The molecule has 3 nitrogen and oxygen atoms in total. The second-order valence-electron chi connectivity index (χ2n) is 8.26. The molecule has 1 aliphatic carbocycles. The minimum atomic E-state index is -1.11. The SMILES string of the molecule is CC(C)(C)[S@](=O)/N=C1\CCC12CCN(CCc1ccccc1)CC2. The van der Waals surface area contributed by atoms with Gasteiger partial charge in [-0.1, -0.05) is 30.3 Å². The van der Waals surface area contributed by atoms with Gasteiger partial charge in [-0.05, 0) is 71.5 Å². The van der Waals surface area contributed by atoms with E-state index in [2.05, 4.69) is 39.6 Å². The zero-order valence-corrected chi connectivity index (χ0v) is 16.1. The summed E-state index contributed by atoms with van der Waals surface area (Å²) >= 11 is 0. The highest BCUT2D eigenvalue weighted by atomic mass is 32.2. The standard InChI is InChI=1S/C20H30N2OS/c1-19(2,3)24(23)21-18-9-11-20(18)12-15-22(16-13-20)14-10-17-7-5-4-6-8-17/h4-8H,9-16H2,1-3H3/b21-18+/t24-/m0/s1. The van der Waals surface area contributed by atoms with Crippen LogP contribution >= 0.6 is 0 Å². The van der Waals surface area contributed by atoms with Crippen LogP contribution in [-0.4, -0.2) is 39.2 Å². The molecule has 132 valence electrons. The van der Waals surface area contributed by atoms with Crippen LogP contribution in [0.2, 0.25) is 0 Å². The maximum atomic E-state index is 12.3. The van der Waals surface area contributed by atoms with Crippen LogP contribution < -0.4 is 0 Å². The zero-order chi connectivity index (χ0) is 17.2. The molecule has 1 heterocycles. The van der Waals surface area contributed by atoms with Gasteiger partial charge in [-0.25, -0.2) is 4.21 Å². The highest BCUT2D eigenvalue weighted by molar-refractivity contribution is 7.85. The fraction of sp³-hybridized carbons (Fsp3) is 0.650. The molecule has 0 N–H and O–H groups in total. The normalized spacial score (nSPS) is 24.0. The Morgan fingerprint density at radius 3 is 2.33 bits per heavy atom. The first kappa shape index (κ1) is 17.8. The van der Waals surface area contributed by atoms with Crippen LogP contribution in [-0.2, 0) is 17.4 Å². The van der Waals surface area contributed by atoms with Gasteiger partial charge in [-0.15, -0.1) is 0 Å². The maximum Gasteiger partial charge on any atom is 0.144 e. The van der Waals surface area contributed by atoms with E-state index < -0.39 is 11.0 Å². The van der Waals surface area contributed by atoms with Gasteiger partial charge in [-0.2, -0.15) is 4.40 Å². The number of piperidine rings is 1. The summed E-state index contributed by atoms with van der Waals surface area (Å²) in [6, 6.07) is 10.7. The molecule has 2 aliphatic rings. The molecule has 24 heavy (non-hydrogen) atoms. The maximum absolute atomic E-state index is 12.3. The number of hydrogen-bond acceptors (Lipinski definition) is 2. The van der Waals surface area contributed by atoms with Gasteiger partial charge in [0.1, 0.15) is 11.0 Å². The van der Waals surface area contributed by atoms with Gasteiger partial charge in [-0.3, -0.25) is 0 Å². The summed E-state index contributed by atoms with van der Waals surface area (Å²) in [4.78, 5) is 2.58. The number of likely N-dealkylation sites (tertiary alicyclic amines) is 1. The topological polar surface area (TPSA) is 32.7 Å². The number of benzene rings is 1. The second-order valence-corrected chi connectivity index (χ2v) is 10.2. The molecule has 1 aromatic carbocycles. The second kappa shape index (κ2) is 7.09. The van der Waals surface area contributed by atoms with E-state index in [0.29, 0.717) is 0 Å². The molecule has 1 aliphatic heterocycles. The lowest BCUT2D eigenvalue weighted by Crippen LogP contribution is -2.50. The molecular weight excluding hydrogens is 316 g/mol. The van der Waals surface area contributed by atoms with Crippen molar-refractivity contribution in [3.05, 3.63) is 35.9 Å². The Morgan fingerprint density at radius 1 is 1.12 bits per heavy atom. The van der Waals surface area contributed by atoms with E-state index in [1.807, 2.05) is 20.8 Å². The van der Waals surface area contributed by atoms with Gasteiger partial charge in [0.05, 0.1) is 4.75 Å². The molecule has 1 aromatic rings. The van der Waals surface area contributed by atoms with E-state index in [4.69, 9.17) is 0 Å². The summed E-state index contributed by atoms with van der Waals surface area (Å²) in [5, 5.41) is 0. The first-order valence-corrected chi connectivity index (χ1v) is 10.3. The molecule has 3 rings (SSSR count). The van der Waals surface area contributed by atoms with Crippen molar-refractivity contribution in [1.82, 2.24) is 4.90 Å². The third-order valence-corrected chi connectivity index (χ3v) is 6.98. The lowest BCUT2D eigenvalue weighted by atomic mass is 9.61. The Kier molecular flexibility index (Phi) is 5.26. The molecular formula is C20H30N2OS. The van der Waals surface area contributed by atoms with E-state index in [1.165, 1.54) is 30.5 Å². The summed E-state index contributed by atoms with van der Waals surface area (Å²) in [5.74, 6) is 0. The van der Waals surface area contributed by atoms with Crippen LogP contribution in [0.25, 0.3) is 0 Å². The van der Waals surface area contributed by atoms with Gasteiger partial charge < -0.3 is 4.90 Å². The largest absolute Gasteiger partial charge is 0.303 e. The summed E-state index contributed by atoms with van der Waals surface area (Å²) in [7, 11) is -1.11. The van der Waals surface area contributed by atoms with Crippen molar-refractivity contribution in [3.8, 4) is 0 Å². The molecule has 0 radical (unpaired) electrons. The van der Waals surface area contributed by atoms with Crippen molar-refractivity contribution >= 4 is 16.7 Å². The molecule has 4 heteroatoms. The minimum absolute atomic E-state index is 0.250. The van der Waals surface area contributed by atoms with E-state index >= 15 is 0 Å². The van der Waals surface area contributed by atoms with Crippen molar-refractivity contribution in [3.63, 3.8) is 0 Å². The van der Waals surface area contributed by atoms with Gasteiger partial charge in [0.25, 0.3) is 0 Å². The molecule has 1 saturated heterocycles. The fourth-order valence-electron chi connectivity index (χ4n) is 3.64. The van der Waals surface area contributed by atoms with Crippen LogP contribution in [0.1, 0.15) is 52.0 Å². The van der Waals surface area contributed by atoms with E-state index in [9.17, 15) is 4.21 Å². The smallest absolute Gasteiger partial charge is 0.144 e. The van der Waals surface area contributed by atoms with Crippen LogP contribution in [0.3, 0.4) is 0 Å². The van der Waals surface area contributed by atoms with Crippen molar-refractivity contribution in [2.45, 2.75) is 57.6 Å². The predicted octanol–water partition coefficient (Wildman–Crippen LogP) is 4.01. The third kappa shape index (κ3) is 3.97. The quantitative estimate of drug-likeness (QED) is 0.825. The molecule has 0 unspecified atom stereocenters. The summed E-state index contributed by atoms with van der Waals surface area (Å²) < 4.78 is 16.7. The Labute approximate surface area is 149 Å². The van der Waals surface area contributed by atoms with Crippen molar-refractivity contribution in [2.24, 2.45) is 9.81 Å². The number of nitrogens with zero attached hydrogens (tertiary/aromatic N) is 2. The van der Waals surface area contributed by atoms with E-state index in [1.54, 1.807) is 0 Å². The third-order valence-electron chi connectivity index (χ3n) is 5.54. The van der Waals surface area contributed by atoms with Crippen molar-refractivity contribution < 1.29 is 4.21 Å². The molecule has 1 atom stereocenters. The number of hydrogen-bond donors (Lipinski definition) is 0. The highest BCUT2D eigenvalue weighted by Gasteiger charge is 2.46. The van der Waals surface area contributed by atoms with Gasteiger partial charge >= 0.3 is 0 Å². The van der Waals surface area contributed by atoms with Gasteiger partial charge in [0.15, 0.2) is 0 Å². The monoisotopic (exact) mass is 346 g/mol. The summed E-state index contributed by atoms with van der Waals surface area (Å²) in [5.41, 5.74) is 2.92. The average molecular weight is 347 g/mol. The lowest BCUT2D eigenvalue weighted by molar-refractivity contribution is 0.128. The van der Waals surface area contributed by atoms with Crippen LogP contribution in [0, 0.1) is 5.41 Å². The summed E-state index contributed by atoms with van der Waals surface area (Å²) in [6.07, 6.45) is 5.78. The average Bonchev–Trinajstić information content (AvgIpc) is 2.57. The molecule has 1 saturated carbocycles. The van der Waals surface area contributed by atoms with Crippen LogP contribution in [0.4, 0.5) is 0 Å². The zero-order valence-electron chi connectivity index (χ0n) is 15.3.